The van der Waals surface area contributed by atoms with Crippen LogP contribution in [0.15, 0.2) is 29.4 Å². The van der Waals surface area contributed by atoms with Crippen LogP contribution in [0.3, 0.4) is 0 Å². The molecular formula is C13H14N4S. The van der Waals surface area contributed by atoms with Crippen molar-refractivity contribution in [3.8, 4) is 6.07 Å². The second kappa shape index (κ2) is 5.71. The van der Waals surface area contributed by atoms with Crippen LogP contribution in [-0.4, -0.2) is 10.2 Å². The van der Waals surface area contributed by atoms with Crippen molar-refractivity contribution in [3.63, 3.8) is 0 Å². The quantitative estimate of drug-likeness (QED) is 0.828. The third-order valence-electron chi connectivity index (χ3n) is 2.74. The lowest BCUT2D eigenvalue weighted by molar-refractivity contribution is 0.947. The third kappa shape index (κ3) is 2.92. The SMILES string of the molecule is Cc1cc(C#N)cc(C)c1CNSc1cn[nH]c1. The molecule has 0 spiro atoms. The van der Waals surface area contributed by atoms with Gasteiger partial charge in [0.05, 0.1) is 22.7 Å². The number of hydrogen-bond donors (Lipinski definition) is 2. The van der Waals surface area contributed by atoms with E-state index in [1.807, 2.05) is 32.2 Å². The summed E-state index contributed by atoms with van der Waals surface area (Å²) in [4.78, 5) is 1.05. The van der Waals surface area contributed by atoms with Gasteiger partial charge >= 0.3 is 0 Å². The van der Waals surface area contributed by atoms with Crippen LogP contribution in [0.2, 0.25) is 0 Å². The molecule has 0 aliphatic heterocycles. The van der Waals surface area contributed by atoms with E-state index in [0.717, 1.165) is 28.1 Å². The highest BCUT2D eigenvalue weighted by molar-refractivity contribution is 7.97. The van der Waals surface area contributed by atoms with E-state index in [1.54, 1.807) is 18.1 Å². The van der Waals surface area contributed by atoms with Crippen molar-refractivity contribution in [2.24, 2.45) is 0 Å². The van der Waals surface area contributed by atoms with E-state index < -0.39 is 0 Å². The lowest BCUT2D eigenvalue weighted by Gasteiger charge is -2.10. The fourth-order valence-electron chi connectivity index (χ4n) is 1.82. The summed E-state index contributed by atoms with van der Waals surface area (Å²) in [6, 6.07) is 6.02. The maximum Gasteiger partial charge on any atom is 0.0991 e. The highest BCUT2D eigenvalue weighted by Gasteiger charge is 2.05. The summed E-state index contributed by atoms with van der Waals surface area (Å²) < 4.78 is 3.30. The first-order chi connectivity index (χ1) is 8.70. The topological polar surface area (TPSA) is 64.5 Å². The average molecular weight is 258 g/mol. The van der Waals surface area contributed by atoms with E-state index in [2.05, 4.69) is 21.0 Å². The predicted molar refractivity (Wildman–Crippen MR) is 71.9 cm³/mol. The Morgan fingerprint density at radius 1 is 1.39 bits per heavy atom. The molecule has 1 aromatic heterocycles. The summed E-state index contributed by atoms with van der Waals surface area (Å²) in [6.07, 6.45) is 3.62. The maximum absolute atomic E-state index is 8.90. The predicted octanol–water partition coefficient (Wildman–Crippen LogP) is 2.70. The van der Waals surface area contributed by atoms with Gasteiger partial charge < -0.3 is 0 Å². The molecule has 1 aromatic carbocycles. The minimum absolute atomic E-state index is 0.719. The first-order valence-corrected chi connectivity index (χ1v) is 6.41. The van der Waals surface area contributed by atoms with E-state index in [4.69, 9.17) is 5.26 Å². The van der Waals surface area contributed by atoms with E-state index in [-0.39, 0.29) is 0 Å². The van der Waals surface area contributed by atoms with Crippen LogP contribution in [0.4, 0.5) is 0 Å². The molecule has 1 heterocycles. The normalized spacial score (nSPS) is 10.3. The minimum Gasteiger partial charge on any atom is -0.285 e. The molecule has 2 aromatic rings. The standard InChI is InChI=1S/C13H14N4S/c1-9-3-11(5-14)4-10(2)13(9)8-17-18-12-6-15-16-7-12/h3-4,6-7,17H,8H2,1-2H3,(H,15,16). The molecule has 2 N–H and O–H groups in total. The first kappa shape index (κ1) is 12.7. The van der Waals surface area contributed by atoms with Crippen LogP contribution < -0.4 is 4.72 Å². The molecule has 4 nitrogen and oxygen atoms in total. The van der Waals surface area contributed by atoms with Crippen LogP contribution in [0.25, 0.3) is 0 Å². The average Bonchev–Trinajstić information content (AvgIpc) is 2.85. The molecular weight excluding hydrogens is 244 g/mol. The summed E-state index contributed by atoms with van der Waals surface area (Å²) >= 11 is 1.54. The van der Waals surface area contributed by atoms with E-state index in [1.165, 1.54) is 5.56 Å². The number of aromatic nitrogens is 2. The molecule has 2 rings (SSSR count). The lowest BCUT2D eigenvalue weighted by atomic mass is 10.00. The monoisotopic (exact) mass is 258 g/mol. The van der Waals surface area contributed by atoms with Crippen molar-refractivity contribution >= 4 is 11.9 Å². The van der Waals surface area contributed by atoms with Crippen LogP contribution in [0.1, 0.15) is 22.3 Å². The number of H-pyrrole nitrogens is 1. The zero-order chi connectivity index (χ0) is 13.0. The van der Waals surface area contributed by atoms with Crippen LogP contribution >= 0.6 is 11.9 Å². The second-order valence-electron chi connectivity index (χ2n) is 4.06. The van der Waals surface area contributed by atoms with Crippen molar-refractivity contribution in [1.82, 2.24) is 14.9 Å². The molecule has 0 fully saturated rings. The largest absolute Gasteiger partial charge is 0.285 e. The molecule has 0 aliphatic carbocycles. The Balaban J connectivity index is 2.03. The number of aromatic amines is 1. The number of aryl methyl sites for hydroxylation is 2. The maximum atomic E-state index is 8.90. The third-order valence-corrected chi connectivity index (χ3v) is 3.48. The van der Waals surface area contributed by atoms with Gasteiger partial charge in [-0.1, -0.05) is 0 Å². The molecule has 0 bridgehead atoms. The van der Waals surface area contributed by atoms with Crippen LogP contribution in [0.5, 0.6) is 0 Å². The second-order valence-corrected chi connectivity index (χ2v) is 5.02. The van der Waals surface area contributed by atoms with Gasteiger partial charge in [0.2, 0.25) is 0 Å². The minimum atomic E-state index is 0.719. The van der Waals surface area contributed by atoms with E-state index >= 15 is 0 Å². The highest BCUT2D eigenvalue weighted by atomic mass is 32.2. The summed E-state index contributed by atoms with van der Waals surface area (Å²) in [6.45, 7) is 4.83. The van der Waals surface area contributed by atoms with Gasteiger partial charge in [0.15, 0.2) is 0 Å². The Hall–Kier alpha value is -1.77. The van der Waals surface area contributed by atoms with Crippen molar-refractivity contribution in [2.45, 2.75) is 25.3 Å². The number of nitriles is 1. The number of nitrogens with one attached hydrogen (secondary N) is 2. The number of hydrogen-bond acceptors (Lipinski definition) is 4. The smallest absolute Gasteiger partial charge is 0.0991 e. The van der Waals surface area contributed by atoms with Crippen LogP contribution in [0, 0.1) is 25.2 Å². The van der Waals surface area contributed by atoms with Gasteiger partial charge in [-0.3, -0.25) is 9.82 Å². The van der Waals surface area contributed by atoms with E-state index in [9.17, 15) is 0 Å². The van der Waals surface area contributed by atoms with Gasteiger partial charge in [0, 0.05) is 12.7 Å². The Morgan fingerprint density at radius 2 is 2.11 bits per heavy atom. The van der Waals surface area contributed by atoms with Crippen molar-refractivity contribution in [3.05, 3.63) is 46.8 Å². The summed E-state index contributed by atoms with van der Waals surface area (Å²) in [5.41, 5.74) is 4.25. The highest BCUT2D eigenvalue weighted by Crippen LogP contribution is 2.18. The molecule has 0 saturated carbocycles. The fraction of sp³-hybridized carbons (Fsp3) is 0.231. The molecule has 0 unspecified atom stereocenters. The summed E-state index contributed by atoms with van der Waals surface area (Å²) in [7, 11) is 0. The van der Waals surface area contributed by atoms with Gasteiger partial charge in [-0.15, -0.1) is 0 Å². The molecule has 0 aliphatic rings. The zero-order valence-electron chi connectivity index (χ0n) is 10.3. The first-order valence-electron chi connectivity index (χ1n) is 5.59. The Morgan fingerprint density at radius 3 is 2.67 bits per heavy atom. The summed E-state index contributed by atoms with van der Waals surface area (Å²) in [5, 5.41) is 15.6. The molecule has 0 radical (unpaired) electrons. The van der Waals surface area contributed by atoms with Crippen LogP contribution in [-0.2, 0) is 6.54 Å². The van der Waals surface area contributed by atoms with E-state index in [0.29, 0.717) is 0 Å². The van der Waals surface area contributed by atoms with Gasteiger partial charge in [-0.05, 0) is 54.6 Å². The Labute approximate surface area is 111 Å². The van der Waals surface area contributed by atoms with Gasteiger partial charge in [-0.25, -0.2) is 0 Å². The van der Waals surface area contributed by atoms with Crippen molar-refractivity contribution in [2.75, 3.05) is 0 Å². The Bertz CT molecular complexity index is 546. The molecule has 92 valence electrons. The zero-order valence-corrected chi connectivity index (χ0v) is 11.1. The van der Waals surface area contributed by atoms with Crippen molar-refractivity contribution < 1.29 is 0 Å². The fourth-order valence-corrected chi connectivity index (χ4v) is 2.42. The van der Waals surface area contributed by atoms with Crippen molar-refractivity contribution in [1.29, 1.82) is 5.26 Å². The molecule has 5 heteroatoms. The Kier molecular flexibility index (Phi) is 4.03. The van der Waals surface area contributed by atoms with Gasteiger partial charge in [0.1, 0.15) is 0 Å². The molecule has 0 amide bonds. The number of rotatable bonds is 4. The van der Waals surface area contributed by atoms with Gasteiger partial charge in [-0.2, -0.15) is 10.4 Å². The molecule has 0 atom stereocenters. The summed E-state index contributed by atoms with van der Waals surface area (Å²) in [5.74, 6) is 0. The molecule has 0 saturated heterocycles. The van der Waals surface area contributed by atoms with Gasteiger partial charge in [0.25, 0.3) is 0 Å². The molecule has 18 heavy (non-hydrogen) atoms. The number of benzene rings is 1. The lowest BCUT2D eigenvalue weighted by Crippen LogP contribution is -2.06. The number of nitrogens with zero attached hydrogens (tertiary/aromatic N) is 2.